The van der Waals surface area contributed by atoms with Crippen LogP contribution >= 0.6 is 0 Å². The maximum absolute atomic E-state index is 14.1. The second-order valence-corrected chi connectivity index (χ2v) is 5.08. The summed E-state index contributed by atoms with van der Waals surface area (Å²) in [6.07, 6.45) is 2.30. The topological polar surface area (TPSA) is 74.5 Å². The fourth-order valence-corrected chi connectivity index (χ4v) is 2.84. The number of nitrogens with zero attached hydrogens (tertiary/aromatic N) is 3. The molecule has 0 saturated carbocycles. The van der Waals surface area contributed by atoms with Crippen molar-refractivity contribution in [3.05, 3.63) is 23.6 Å². The largest absolute Gasteiger partial charge is 0.337 e. The van der Waals surface area contributed by atoms with Crippen molar-refractivity contribution in [2.24, 2.45) is 5.84 Å². The van der Waals surface area contributed by atoms with Crippen molar-refractivity contribution in [1.29, 1.82) is 0 Å². The van der Waals surface area contributed by atoms with Crippen molar-refractivity contribution in [2.75, 3.05) is 31.6 Å². The molecule has 1 aliphatic rings. The van der Waals surface area contributed by atoms with Gasteiger partial charge in [-0.3, -0.25) is 9.69 Å². The van der Waals surface area contributed by atoms with E-state index in [4.69, 9.17) is 5.84 Å². The second-order valence-electron chi connectivity index (χ2n) is 5.08. The number of hydrogen-bond donors (Lipinski definition) is 2. The molecule has 3 N–H and O–H groups in total. The average Bonchev–Trinajstić information content (AvgIpc) is 2.98. The number of hydrogen-bond acceptors (Lipinski definition) is 5. The van der Waals surface area contributed by atoms with Crippen molar-refractivity contribution in [3.63, 3.8) is 0 Å². The third kappa shape index (κ3) is 3.14. The Morgan fingerprint density at radius 3 is 2.90 bits per heavy atom. The van der Waals surface area contributed by atoms with Crippen LogP contribution in [0.25, 0.3) is 0 Å². The molecule has 1 saturated heterocycles. The van der Waals surface area contributed by atoms with Crippen LogP contribution in [0.4, 0.5) is 10.2 Å². The number of hydrazine groups is 1. The first-order valence-electron chi connectivity index (χ1n) is 7.26. The summed E-state index contributed by atoms with van der Waals surface area (Å²) in [7, 11) is 0. The lowest BCUT2D eigenvalue weighted by Crippen LogP contribution is -2.38. The average molecular weight is 295 g/mol. The van der Waals surface area contributed by atoms with E-state index in [0.29, 0.717) is 19.1 Å². The summed E-state index contributed by atoms with van der Waals surface area (Å²) in [4.78, 5) is 20.2. The number of anilines is 1. The van der Waals surface area contributed by atoms with E-state index in [9.17, 15) is 9.18 Å². The highest BCUT2D eigenvalue weighted by molar-refractivity contribution is 5.95. The van der Waals surface area contributed by atoms with E-state index in [1.165, 1.54) is 12.3 Å². The summed E-state index contributed by atoms with van der Waals surface area (Å²) >= 11 is 0. The molecule has 1 aromatic rings. The van der Waals surface area contributed by atoms with Gasteiger partial charge in [0.05, 0.1) is 5.56 Å². The Balaban J connectivity index is 2.12. The van der Waals surface area contributed by atoms with Crippen molar-refractivity contribution in [2.45, 2.75) is 26.3 Å². The summed E-state index contributed by atoms with van der Waals surface area (Å²) in [6.45, 7) is 7.40. The van der Waals surface area contributed by atoms with Crippen LogP contribution in [0.15, 0.2) is 12.3 Å². The lowest BCUT2D eigenvalue weighted by molar-refractivity contribution is 0.0773. The predicted octanol–water partition coefficient (Wildman–Crippen LogP) is 1.06. The zero-order valence-electron chi connectivity index (χ0n) is 12.5. The first-order chi connectivity index (χ1) is 10.1. The van der Waals surface area contributed by atoms with Gasteiger partial charge < -0.3 is 10.3 Å². The van der Waals surface area contributed by atoms with Crippen LogP contribution < -0.4 is 11.3 Å². The van der Waals surface area contributed by atoms with Crippen molar-refractivity contribution < 1.29 is 9.18 Å². The van der Waals surface area contributed by atoms with E-state index in [-0.39, 0.29) is 17.3 Å². The molecule has 0 spiro atoms. The second kappa shape index (κ2) is 6.82. The van der Waals surface area contributed by atoms with Crippen LogP contribution in [0.3, 0.4) is 0 Å². The van der Waals surface area contributed by atoms with Gasteiger partial charge in [-0.2, -0.15) is 0 Å². The Morgan fingerprint density at radius 1 is 1.57 bits per heavy atom. The molecule has 2 heterocycles. The third-order valence-corrected chi connectivity index (χ3v) is 4.04. The molecule has 1 atom stereocenters. The maximum atomic E-state index is 14.1. The Labute approximate surface area is 124 Å². The number of aromatic nitrogens is 1. The number of likely N-dealkylation sites (tertiary alicyclic amines) is 1. The smallest absolute Gasteiger partial charge is 0.257 e. The molecule has 0 radical (unpaired) electrons. The molecule has 1 aliphatic heterocycles. The zero-order valence-corrected chi connectivity index (χ0v) is 12.5. The van der Waals surface area contributed by atoms with E-state index in [1.54, 1.807) is 4.90 Å². The number of amides is 1. The SMILES string of the molecule is CCN(CC)C1CCN(C(=O)c2ccnc(NN)c2F)C1. The minimum absolute atomic E-state index is 0.0122. The zero-order chi connectivity index (χ0) is 15.4. The monoisotopic (exact) mass is 295 g/mol. The van der Waals surface area contributed by atoms with E-state index in [1.807, 2.05) is 0 Å². The fourth-order valence-electron chi connectivity index (χ4n) is 2.84. The van der Waals surface area contributed by atoms with Crippen molar-refractivity contribution in [3.8, 4) is 0 Å². The number of carbonyl (C=O) groups excluding carboxylic acids is 1. The molecule has 6 nitrogen and oxygen atoms in total. The number of pyridine rings is 1. The number of rotatable bonds is 5. The van der Waals surface area contributed by atoms with E-state index >= 15 is 0 Å². The van der Waals surface area contributed by atoms with Crippen molar-refractivity contribution in [1.82, 2.24) is 14.8 Å². The third-order valence-electron chi connectivity index (χ3n) is 4.04. The van der Waals surface area contributed by atoms with Crippen LogP contribution in [0.5, 0.6) is 0 Å². The Morgan fingerprint density at radius 2 is 2.29 bits per heavy atom. The fraction of sp³-hybridized carbons (Fsp3) is 0.571. The molecule has 1 unspecified atom stereocenters. The highest BCUT2D eigenvalue weighted by Crippen LogP contribution is 2.21. The van der Waals surface area contributed by atoms with Crippen LogP contribution in [0.2, 0.25) is 0 Å². The molecule has 116 valence electrons. The summed E-state index contributed by atoms with van der Waals surface area (Å²) in [6, 6.07) is 1.74. The van der Waals surface area contributed by atoms with Gasteiger partial charge in [0.1, 0.15) is 0 Å². The summed E-state index contributed by atoms with van der Waals surface area (Å²) in [5.74, 6) is 4.07. The molecular weight excluding hydrogens is 273 g/mol. The Kier molecular flexibility index (Phi) is 5.08. The number of nitrogen functional groups attached to an aromatic ring is 1. The molecule has 0 bridgehead atoms. The van der Waals surface area contributed by atoms with Crippen LogP contribution in [0.1, 0.15) is 30.6 Å². The van der Waals surface area contributed by atoms with Gasteiger partial charge in [0, 0.05) is 25.3 Å². The first-order valence-corrected chi connectivity index (χ1v) is 7.26. The first kappa shape index (κ1) is 15.7. The van der Waals surface area contributed by atoms with Gasteiger partial charge in [0.15, 0.2) is 11.6 Å². The standard InChI is InChI=1S/C14H22FN5O/c1-3-19(4-2)10-6-8-20(9-10)14(21)11-5-7-17-13(18-16)12(11)15/h5,7,10H,3-4,6,8-9,16H2,1-2H3,(H,17,18). The number of halogens is 1. The minimum Gasteiger partial charge on any atom is -0.337 e. The van der Waals surface area contributed by atoms with Gasteiger partial charge >= 0.3 is 0 Å². The van der Waals surface area contributed by atoms with Crippen LogP contribution in [-0.2, 0) is 0 Å². The number of nitrogens with two attached hydrogens (primary N) is 1. The molecule has 2 rings (SSSR count). The van der Waals surface area contributed by atoms with Crippen LogP contribution in [-0.4, -0.2) is 52.9 Å². The molecule has 1 amide bonds. The van der Waals surface area contributed by atoms with Crippen LogP contribution in [0, 0.1) is 5.82 Å². The molecule has 7 heteroatoms. The summed E-state index contributed by atoms with van der Waals surface area (Å²) < 4.78 is 14.1. The van der Waals surface area contributed by atoms with E-state index < -0.39 is 5.82 Å². The predicted molar refractivity (Wildman–Crippen MR) is 79.2 cm³/mol. The van der Waals surface area contributed by atoms with Crippen molar-refractivity contribution >= 4 is 11.7 Å². The minimum atomic E-state index is -0.698. The molecule has 21 heavy (non-hydrogen) atoms. The molecule has 1 aromatic heterocycles. The van der Waals surface area contributed by atoms with E-state index in [2.05, 4.69) is 29.2 Å². The Hall–Kier alpha value is -1.73. The van der Waals surface area contributed by atoms with Gasteiger partial charge in [-0.15, -0.1) is 0 Å². The highest BCUT2D eigenvalue weighted by Gasteiger charge is 2.31. The number of nitrogens with one attached hydrogen (secondary N) is 1. The highest BCUT2D eigenvalue weighted by atomic mass is 19.1. The Bertz CT molecular complexity index is 506. The molecular formula is C14H22FN5O. The van der Waals surface area contributed by atoms with Gasteiger partial charge in [0.25, 0.3) is 5.91 Å². The van der Waals surface area contributed by atoms with Gasteiger partial charge in [0.2, 0.25) is 0 Å². The van der Waals surface area contributed by atoms with E-state index in [0.717, 1.165) is 19.5 Å². The normalized spacial score (nSPS) is 18.3. The van der Waals surface area contributed by atoms with Gasteiger partial charge in [-0.25, -0.2) is 15.2 Å². The summed E-state index contributed by atoms with van der Waals surface area (Å²) in [5.41, 5.74) is 2.17. The summed E-state index contributed by atoms with van der Waals surface area (Å²) in [5, 5.41) is 0. The van der Waals surface area contributed by atoms with Gasteiger partial charge in [-0.05, 0) is 25.6 Å². The molecule has 1 fully saturated rings. The lowest BCUT2D eigenvalue weighted by atomic mass is 10.2. The number of carbonyl (C=O) groups is 1. The lowest BCUT2D eigenvalue weighted by Gasteiger charge is -2.26. The number of likely N-dealkylation sites (N-methyl/N-ethyl adjacent to an activating group) is 1. The quantitative estimate of drug-likeness (QED) is 0.628. The molecule has 0 aromatic carbocycles. The molecule has 0 aliphatic carbocycles. The maximum Gasteiger partial charge on any atom is 0.257 e. The van der Waals surface area contributed by atoms with Gasteiger partial charge in [-0.1, -0.05) is 13.8 Å².